The quantitative estimate of drug-likeness (QED) is 0.335. The number of fused-ring (bicyclic) bond motifs is 2. The fraction of sp³-hybridized carbons (Fsp3) is 0.439. The molecule has 3 aromatic rings. The highest BCUT2D eigenvalue weighted by atomic mass is 16.6. The minimum Gasteiger partial charge on any atom is -0.467 e. The number of ether oxygens (including phenoxy) is 2. The Morgan fingerprint density at radius 3 is 2.00 bits per heavy atom. The zero-order chi connectivity index (χ0) is 36.7. The van der Waals surface area contributed by atoms with Crippen molar-refractivity contribution >= 4 is 35.5 Å². The van der Waals surface area contributed by atoms with Crippen molar-refractivity contribution in [3.8, 4) is 0 Å². The summed E-state index contributed by atoms with van der Waals surface area (Å²) >= 11 is 0. The van der Waals surface area contributed by atoms with Gasteiger partial charge in [0.05, 0.1) is 18.8 Å². The Labute approximate surface area is 304 Å². The normalized spacial score (nSPS) is 24.0. The van der Waals surface area contributed by atoms with Crippen molar-refractivity contribution in [2.45, 2.75) is 102 Å². The van der Waals surface area contributed by atoms with Crippen LogP contribution in [0.25, 0.3) is 0 Å². The lowest BCUT2D eigenvalue weighted by Gasteiger charge is -2.42. The average Bonchev–Trinajstić information content (AvgIpc) is 3.90. The molecule has 0 radical (unpaired) electrons. The van der Waals surface area contributed by atoms with Gasteiger partial charge in [0.25, 0.3) is 0 Å². The fourth-order valence-electron chi connectivity index (χ4n) is 8.43. The number of likely N-dealkylation sites (tertiary alicyclic amines) is 2. The monoisotopic (exact) mass is 706 g/mol. The number of anilines is 1. The average molecular weight is 707 g/mol. The van der Waals surface area contributed by atoms with Crippen LogP contribution >= 0.6 is 0 Å². The van der Waals surface area contributed by atoms with E-state index in [1.165, 1.54) is 12.0 Å². The Hall–Kier alpha value is -5.19. The molecule has 3 aromatic carbocycles. The van der Waals surface area contributed by atoms with Crippen LogP contribution < -0.4 is 4.90 Å². The van der Waals surface area contributed by atoms with Crippen molar-refractivity contribution in [3.05, 3.63) is 101 Å². The highest BCUT2D eigenvalue weighted by Gasteiger charge is 2.51. The van der Waals surface area contributed by atoms with Gasteiger partial charge in [0.15, 0.2) is 0 Å². The molecule has 0 bridgehead atoms. The summed E-state index contributed by atoms with van der Waals surface area (Å²) in [5, 5.41) is 0. The maximum Gasteiger partial charge on any atom is 0.415 e. The molecule has 0 aromatic heterocycles. The number of esters is 1. The minimum absolute atomic E-state index is 0.190. The number of carbonyl (C=O) groups excluding carboxylic acids is 5. The van der Waals surface area contributed by atoms with Crippen LogP contribution in [0, 0.1) is 0 Å². The first-order valence-corrected chi connectivity index (χ1v) is 18.2. The molecule has 0 unspecified atom stereocenters. The van der Waals surface area contributed by atoms with E-state index in [0.29, 0.717) is 37.9 Å². The van der Waals surface area contributed by atoms with Crippen molar-refractivity contribution in [1.82, 2.24) is 14.7 Å². The van der Waals surface area contributed by atoms with Gasteiger partial charge in [-0.05, 0) is 74.8 Å². The van der Waals surface area contributed by atoms with Crippen LogP contribution in [0.1, 0.15) is 74.8 Å². The van der Waals surface area contributed by atoms with Gasteiger partial charge in [0.2, 0.25) is 17.7 Å². The third-order valence-electron chi connectivity index (χ3n) is 10.8. The van der Waals surface area contributed by atoms with E-state index in [0.717, 1.165) is 22.3 Å². The summed E-state index contributed by atoms with van der Waals surface area (Å²) < 4.78 is 10.9. The lowest BCUT2D eigenvalue weighted by molar-refractivity contribution is -0.157. The van der Waals surface area contributed by atoms with Gasteiger partial charge in [0.1, 0.15) is 29.8 Å². The van der Waals surface area contributed by atoms with Crippen molar-refractivity contribution in [3.63, 3.8) is 0 Å². The zero-order valence-electron chi connectivity index (χ0n) is 30.2. The summed E-state index contributed by atoms with van der Waals surface area (Å²) in [4.78, 5) is 77.5. The van der Waals surface area contributed by atoms with Gasteiger partial charge in [-0.25, -0.2) is 9.59 Å². The summed E-state index contributed by atoms with van der Waals surface area (Å²) in [6, 6.07) is 21.0. The number of nitrogens with zero attached hydrogens (tertiary/aromatic N) is 4. The standard InChI is InChI=1S/C41H46N4O7/c1-41(2,3)52-40(50)45-30-18-11-10-16-28(30)24-35(45)38(48)44-31(26-13-6-5-7-14-26)20-21-32(44)36(46)43-25-29-17-9-8-15-27(29)23-34(43)37(47)42-22-12-19-33(42)39(49)51-4/h5-11,13-18,31-35H,12,19-25H2,1-4H3/t31-,32+,33-,34-,35-/m1/s1. The Balaban J connectivity index is 1.26. The molecular formula is C41H46N4O7. The molecule has 272 valence electrons. The Bertz CT molecular complexity index is 1870. The van der Waals surface area contributed by atoms with E-state index in [2.05, 4.69) is 0 Å². The van der Waals surface area contributed by atoms with Crippen LogP contribution in [0.15, 0.2) is 78.9 Å². The topological polar surface area (TPSA) is 117 Å². The highest BCUT2D eigenvalue weighted by Crippen LogP contribution is 2.42. The first kappa shape index (κ1) is 35.2. The molecule has 11 nitrogen and oxygen atoms in total. The zero-order valence-corrected chi connectivity index (χ0v) is 30.2. The molecule has 0 N–H and O–H groups in total. The molecule has 0 saturated carbocycles. The predicted octanol–water partition coefficient (Wildman–Crippen LogP) is 5.20. The van der Waals surface area contributed by atoms with Gasteiger partial charge in [-0.15, -0.1) is 0 Å². The number of rotatable bonds is 5. The smallest absolute Gasteiger partial charge is 0.415 e. The highest BCUT2D eigenvalue weighted by molar-refractivity contribution is 6.02. The van der Waals surface area contributed by atoms with E-state index in [4.69, 9.17) is 9.47 Å². The number of amides is 4. The third kappa shape index (κ3) is 6.52. The van der Waals surface area contributed by atoms with Crippen LogP contribution in [0.5, 0.6) is 0 Å². The largest absolute Gasteiger partial charge is 0.467 e. The second-order valence-corrected chi connectivity index (χ2v) is 15.1. The van der Waals surface area contributed by atoms with Gasteiger partial charge < -0.3 is 24.2 Å². The molecule has 52 heavy (non-hydrogen) atoms. The van der Waals surface area contributed by atoms with Crippen LogP contribution in [0.4, 0.5) is 10.5 Å². The van der Waals surface area contributed by atoms with E-state index in [1.807, 2.05) is 78.9 Å². The summed E-state index contributed by atoms with van der Waals surface area (Å²) in [6.45, 7) is 5.94. The molecule has 0 spiro atoms. The predicted molar refractivity (Wildman–Crippen MR) is 193 cm³/mol. The molecule has 0 aliphatic carbocycles. The molecular weight excluding hydrogens is 660 g/mol. The van der Waals surface area contributed by atoms with Crippen LogP contribution in [-0.4, -0.2) is 87.9 Å². The second-order valence-electron chi connectivity index (χ2n) is 15.1. The number of carbonyl (C=O) groups is 5. The number of benzene rings is 3. The van der Waals surface area contributed by atoms with Crippen LogP contribution in [0.3, 0.4) is 0 Å². The number of methoxy groups -OCH3 is 1. The van der Waals surface area contributed by atoms with Gasteiger partial charge in [-0.1, -0.05) is 72.8 Å². The molecule has 7 rings (SSSR count). The minimum atomic E-state index is -0.934. The Morgan fingerprint density at radius 2 is 1.29 bits per heavy atom. The first-order chi connectivity index (χ1) is 25.0. The number of hydrogen-bond donors (Lipinski definition) is 0. The van der Waals surface area contributed by atoms with E-state index in [-0.39, 0.29) is 37.1 Å². The summed E-state index contributed by atoms with van der Waals surface area (Å²) in [7, 11) is 1.32. The van der Waals surface area contributed by atoms with E-state index >= 15 is 9.59 Å². The van der Waals surface area contributed by atoms with E-state index in [1.54, 1.807) is 35.5 Å². The molecule has 2 fully saturated rings. The van der Waals surface area contributed by atoms with Gasteiger partial charge >= 0.3 is 12.1 Å². The van der Waals surface area contributed by atoms with Crippen LogP contribution in [-0.2, 0) is 48.0 Å². The van der Waals surface area contributed by atoms with Crippen molar-refractivity contribution < 1.29 is 33.4 Å². The van der Waals surface area contributed by atoms with Crippen LogP contribution in [0.2, 0.25) is 0 Å². The number of para-hydroxylation sites is 1. The molecule has 4 heterocycles. The Kier molecular flexibility index (Phi) is 9.54. The molecule has 5 atom stereocenters. The van der Waals surface area contributed by atoms with Gasteiger partial charge in [-0.3, -0.25) is 19.3 Å². The third-order valence-corrected chi connectivity index (χ3v) is 10.8. The van der Waals surface area contributed by atoms with Crippen molar-refractivity contribution in [2.24, 2.45) is 0 Å². The maximum atomic E-state index is 15.1. The lowest BCUT2D eigenvalue weighted by atomic mass is 9.92. The molecule has 4 amide bonds. The summed E-state index contributed by atoms with van der Waals surface area (Å²) in [6.07, 6.45) is 2.00. The fourth-order valence-corrected chi connectivity index (χ4v) is 8.43. The summed E-state index contributed by atoms with van der Waals surface area (Å²) in [5.74, 6) is -1.44. The van der Waals surface area contributed by atoms with E-state index in [9.17, 15) is 14.4 Å². The van der Waals surface area contributed by atoms with Gasteiger partial charge in [-0.2, -0.15) is 0 Å². The molecule has 4 aliphatic heterocycles. The lowest BCUT2D eigenvalue weighted by Crippen LogP contribution is -2.60. The summed E-state index contributed by atoms with van der Waals surface area (Å²) in [5.41, 5.74) is 3.45. The molecule has 4 aliphatic rings. The van der Waals surface area contributed by atoms with Crippen molar-refractivity contribution in [2.75, 3.05) is 18.6 Å². The SMILES string of the molecule is COC(=O)[C@H]1CCCN1C(=O)[C@H]1Cc2ccccc2CN1C(=O)[C@@H]1CC[C@H](c2ccccc2)N1C(=O)[C@H]1Cc2ccccc2N1C(=O)OC(C)(C)C. The first-order valence-electron chi connectivity index (χ1n) is 18.2. The van der Waals surface area contributed by atoms with Gasteiger partial charge in [0, 0.05) is 25.9 Å². The second kappa shape index (κ2) is 14.1. The maximum absolute atomic E-state index is 15.1. The molecule has 11 heteroatoms. The molecule has 2 saturated heterocycles. The Morgan fingerprint density at radius 1 is 0.654 bits per heavy atom. The van der Waals surface area contributed by atoms with E-state index < -0.39 is 47.9 Å². The number of hydrogen-bond acceptors (Lipinski definition) is 7. The van der Waals surface area contributed by atoms with Crippen molar-refractivity contribution in [1.29, 1.82) is 0 Å².